The van der Waals surface area contributed by atoms with Gasteiger partial charge >= 0.3 is 23.8 Å². The first-order valence-corrected chi connectivity index (χ1v) is 16.3. The van der Waals surface area contributed by atoms with Gasteiger partial charge in [-0.05, 0) is 30.2 Å². The molecule has 232 valence electrons. The lowest BCUT2D eigenvalue weighted by Gasteiger charge is -2.49. The van der Waals surface area contributed by atoms with Gasteiger partial charge in [0.25, 0.3) is 5.91 Å². The van der Waals surface area contributed by atoms with E-state index in [9.17, 15) is 39.0 Å². The Kier molecular flexibility index (Phi) is 9.33. The number of rotatable bonds is 9. The number of likely N-dealkylation sites (N-methyl/N-ethyl adjacent to an activating group) is 1. The molecule has 0 aliphatic carbocycles. The fourth-order valence-corrected chi connectivity index (χ4v) is 7.94. The zero-order valence-electron chi connectivity index (χ0n) is 22.8. The smallest absolute Gasteiger partial charge is 0.352 e. The molecule has 4 heterocycles. The molecule has 2 aromatic rings. The molecule has 6 amide bonds. The highest BCUT2D eigenvalue weighted by molar-refractivity contribution is 8.01. The van der Waals surface area contributed by atoms with Crippen molar-refractivity contribution in [2.75, 3.05) is 31.1 Å². The number of β-lactam (4-membered cyclic amide) rings is 1. The van der Waals surface area contributed by atoms with Crippen molar-refractivity contribution >= 4 is 82.1 Å². The van der Waals surface area contributed by atoms with Crippen LogP contribution in [0.4, 0.5) is 4.79 Å². The van der Waals surface area contributed by atoms with Crippen molar-refractivity contribution in [3.05, 3.63) is 45.6 Å². The summed E-state index contributed by atoms with van der Waals surface area (Å²) in [6, 6.07) is 0.119. The molecule has 0 spiro atoms. The van der Waals surface area contributed by atoms with Gasteiger partial charge in [-0.15, -0.1) is 22.0 Å². The lowest BCUT2D eigenvalue weighted by molar-refractivity contribution is -0.153. The molecule has 1 aromatic heterocycles. The molecule has 0 bridgehead atoms. The molecule has 5 rings (SSSR count). The lowest BCUT2D eigenvalue weighted by atomic mass is 10.0. The van der Waals surface area contributed by atoms with Gasteiger partial charge in [-0.25, -0.2) is 9.59 Å². The number of hydrogen-bond acceptors (Lipinski definition) is 12. The topological polar surface area (TPSA) is 202 Å². The number of fused-ring (bicyclic) bond motifs is 1. The van der Waals surface area contributed by atoms with Crippen molar-refractivity contribution in [1.29, 1.82) is 0 Å². The van der Waals surface area contributed by atoms with Gasteiger partial charge < -0.3 is 25.7 Å². The molecule has 15 nitrogen and oxygen atoms in total. The van der Waals surface area contributed by atoms with E-state index in [1.807, 2.05) is 0 Å². The van der Waals surface area contributed by atoms with Crippen molar-refractivity contribution in [3.63, 3.8) is 0 Å². The van der Waals surface area contributed by atoms with E-state index in [0.717, 1.165) is 4.90 Å². The number of amides is 6. The number of benzene rings is 1. The maximum Gasteiger partial charge on any atom is 0.352 e. The van der Waals surface area contributed by atoms with Crippen molar-refractivity contribution in [2.24, 2.45) is 0 Å². The van der Waals surface area contributed by atoms with Crippen molar-refractivity contribution in [3.8, 4) is 5.75 Å². The first-order chi connectivity index (χ1) is 21.0. The van der Waals surface area contributed by atoms with Crippen molar-refractivity contribution in [2.45, 2.75) is 28.7 Å². The van der Waals surface area contributed by atoms with Crippen LogP contribution in [0.25, 0.3) is 0 Å². The zero-order chi connectivity index (χ0) is 31.7. The SMILES string of the molecule is CCN1CCN(C(=O)N[C@@H](C(=O)NC2C(=O)N3C(C(=O)O)=C(CSc4nncs4)CS[C@H]23)c2ccc(O)c(Cl)c2)C(=O)C1=O. The standard InChI is InChI=1S/C25H24ClN7O8S3/c1-2-31-5-6-32(21(38)20(31)37)24(41)29-15(11-3-4-14(34)13(26)7-11)18(35)28-16-19(36)33-17(23(39)40)12(8-42-22(16)33)9-43-25-30-27-10-44-25/h3-4,7,10,15-16,22,34H,2,5-6,8-9H2,1H3,(H,28,35)(H,29,41)(H,39,40)/t15-,16?,22-/m1/s1. The summed E-state index contributed by atoms with van der Waals surface area (Å²) >= 11 is 9.93. The number of carboxylic acid groups (broad SMARTS) is 1. The number of nitrogens with zero attached hydrogens (tertiary/aromatic N) is 5. The van der Waals surface area contributed by atoms with E-state index in [0.29, 0.717) is 14.8 Å². The van der Waals surface area contributed by atoms with Gasteiger partial charge in [0.1, 0.15) is 34.4 Å². The minimum absolute atomic E-state index is 0.103. The van der Waals surface area contributed by atoms with Crippen molar-refractivity contribution < 1.29 is 39.0 Å². The molecule has 19 heteroatoms. The molecule has 0 saturated carbocycles. The number of urea groups is 1. The van der Waals surface area contributed by atoms with Crippen LogP contribution in [0.5, 0.6) is 5.75 Å². The lowest BCUT2D eigenvalue weighted by Crippen LogP contribution is -2.71. The highest BCUT2D eigenvalue weighted by Gasteiger charge is 2.54. The van der Waals surface area contributed by atoms with Crippen LogP contribution in [0.15, 0.2) is 39.3 Å². The van der Waals surface area contributed by atoms with E-state index >= 15 is 0 Å². The second-order valence-electron chi connectivity index (χ2n) is 9.58. The van der Waals surface area contributed by atoms with Crippen LogP contribution in [0.3, 0.4) is 0 Å². The number of phenols is 1. The number of nitrogens with one attached hydrogen (secondary N) is 2. The maximum absolute atomic E-state index is 13.6. The molecule has 2 fully saturated rings. The summed E-state index contributed by atoms with van der Waals surface area (Å²) < 4.78 is 0.648. The third-order valence-corrected chi connectivity index (χ3v) is 10.6. The fourth-order valence-electron chi connectivity index (χ4n) is 4.78. The number of carbonyl (C=O) groups is 6. The van der Waals surface area contributed by atoms with Gasteiger partial charge in [0, 0.05) is 31.1 Å². The predicted octanol–water partition coefficient (Wildman–Crippen LogP) is 0.869. The molecule has 3 aliphatic rings. The summed E-state index contributed by atoms with van der Waals surface area (Å²) in [6.45, 7) is 1.99. The predicted molar refractivity (Wildman–Crippen MR) is 159 cm³/mol. The highest BCUT2D eigenvalue weighted by atomic mass is 35.5. The Labute approximate surface area is 267 Å². The van der Waals surface area contributed by atoms with Crippen LogP contribution in [0, 0.1) is 0 Å². The summed E-state index contributed by atoms with van der Waals surface area (Å²) in [5.74, 6) is -4.44. The summed E-state index contributed by atoms with van der Waals surface area (Å²) in [6.07, 6.45) is 0. The van der Waals surface area contributed by atoms with E-state index in [1.165, 1.54) is 58.0 Å². The van der Waals surface area contributed by atoms with Gasteiger partial charge in [0.2, 0.25) is 5.91 Å². The number of aromatic hydroxyl groups is 1. The zero-order valence-corrected chi connectivity index (χ0v) is 26.0. The number of carbonyl (C=O) groups excluding carboxylic acids is 5. The number of carboxylic acids is 1. The fraction of sp³-hybridized carbons (Fsp3) is 0.360. The van der Waals surface area contributed by atoms with Gasteiger partial charge in [0.05, 0.1) is 5.02 Å². The summed E-state index contributed by atoms with van der Waals surface area (Å²) in [5.41, 5.74) is 2.03. The monoisotopic (exact) mass is 681 g/mol. The quantitative estimate of drug-likeness (QED) is 0.165. The number of imide groups is 1. The maximum atomic E-state index is 13.6. The Morgan fingerprint density at radius 1 is 1.20 bits per heavy atom. The molecule has 3 aliphatic heterocycles. The third kappa shape index (κ3) is 6.06. The average Bonchev–Trinajstić information content (AvgIpc) is 3.53. The highest BCUT2D eigenvalue weighted by Crippen LogP contribution is 2.42. The molecule has 44 heavy (non-hydrogen) atoms. The Bertz CT molecular complexity index is 1570. The summed E-state index contributed by atoms with van der Waals surface area (Å²) in [5, 5.41) is 31.7. The number of phenolic OH excluding ortho intramolecular Hbond substituents is 1. The second kappa shape index (κ2) is 13.0. The van der Waals surface area contributed by atoms with E-state index in [1.54, 1.807) is 12.4 Å². The minimum atomic E-state index is -1.50. The Morgan fingerprint density at radius 3 is 2.64 bits per heavy atom. The Hall–Kier alpha value is -3.87. The number of piperazine rings is 1. The first kappa shape index (κ1) is 31.6. The molecule has 0 radical (unpaired) electrons. The number of halogens is 1. The number of aliphatic carboxylic acids is 1. The number of aromatic nitrogens is 2. The van der Waals surface area contributed by atoms with Crippen LogP contribution in [-0.2, 0) is 24.0 Å². The van der Waals surface area contributed by atoms with Gasteiger partial charge in [-0.3, -0.25) is 29.0 Å². The van der Waals surface area contributed by atoms with Crippen molar-refractivity contribution in [1.82, 2.24) is 35.5 Å². The van der Waals surface area contributed by atoms with Gasteiger partial charge in [-0.2, -0.15) is 0 Å². The number of thioether (sulfide) groups is 2. The van der Waals surface area contributed by atoms with Crippen LogP contribution in [0.2, 0.25) is 5.02 Å². The molecule has 1 aromatic carbocycles. The van der Waals surface area contributed by atoms with Crippen LogP contribution in [0.1, 0.15) is 18.5 Å². The van der Waals surface area contributed by atoms with Crippen LogP contribution >= 0.6 is 46.5 Å². The first-order valence-electron chi connectivity index (χ1n) is 13.0. The van der Waals surface area contributed by atoms with E-state index < -0.39 is 53.1 Å². The van der Waals surface area contributed by atoms with Crippen LogP contribution < -0.4 is 10.6 Å². The second-order valence-corrected chi connectivity index (χ2v) is 13.1. The Balaban J connectivity index is 1.34. The van der Waals surface area contributed by atoms with E-state index in [4.69, 9.17) is 11.6 Å². The summed E-state index contributed by atoms with van der Waals surface area (Å²) in [7, 11) is 0. The molecular formula is C25H24ClN7O8S3. The minimum Gasteiger partial charge on any atom is -0.506 e. The molecule has 1 unspecified atom stereocenters. The summed E-state index contributed by atoms with van der Waals surface area (Å²) in [4.78, 5) is 80.2. The Morgan fingerprint density at radius 2 is 1.98 bits per heavy atom. The third-order valence-electron chi connectivity index (χ3n) is 7.03. The molecule has 4 N–H and O–H groups in total. The number of hydrogen-bond donors (Lipinski definition) is 4. The molecular weight excluding hydrogens is 658 g/mol. The normalized spacial score (nSPS) is 20.7. The van der Waals surface area contributed by atoms with Gasteiger partial charge in [0.15, 0.2) is 4.34 Å². The van der Waals surface area contributed by atoms with Crippen LogP contribution in [-0.4, -0.2) is 113 Å². The van der Waals surface area contributed by atoms with E-state index in [-0.39, 0.29) is 53.2 Å². The molecule has 2 saturated heterocycles. The van der Waals surface area contributed by atoms with E-state index in [2.05, 4.69) is 20.8 Å². The average molecular weight is 682 g/mol. The van der Waals surface area contributed by atoms with Gasteiger partial charge in [-0.1, -0.05) is 40.8 Å². The largest absolute Gasteiger partial charge is 0.506 e. The molecule has 3 atom stereocenters.